The Labute approximate surface area is 279 Å². The van der Waals surface area contributed by atoms with Crippen LogP contribution in [0.5, 0.6) is 11.5 Å². The summed E-state index contributed by atoms with van der Waals surface area (Å²) in [6.45, 7) is 8.43. The van der Waals surface area contributed by atoms with Crippen LogP contribution in [0.15, 0.2) is 108 Å². The van der Waals surface area contributed by atoms with Gasteiger partial charge in [-0.2, -0.15) is 0 Å². The number of alkyl halides is 6. The molecule has 0 N–H and O–H groups in total. The predicted molar refractivity (Wildman–Crippen MR) is 177 cm³/mol. The Bertz CT molecular complexity index is 1850. The van der Waals surface area contributed by atoms with Crippen LogP contribution in [-0.2, 0) is 30.6 Å². The molecule has 0 aromatic heterocycles. The topological polar surface area (TPSA) is 18.5 Å². The maximum atomic E-state index is 13.7. The number of rotatable bonds is 8. The van der Waals surface area contributed by atoms with Crippen LogP contribution in [-0.4, -0.2) is 5.43 Å². The van der Waals surface area contributed by atoms with Crippen molar-refractivity contribution in [2.24, 2.45) is 0 Å². The summed E-state index contributed by atoms with van der Waals surface area (Å²) in [5.74, 6) is 0.512. The summed E-state index contributed by atoms with van der Waals surface area (Å²) in [4.78, 5) is 0. The fourth-order valence-corrected chi connectivity index (χ4v) is 40.5. The minimum absolute atomic E-state index is 0.256. The van der Waals surface area contributed by atoms with E-state index in [0.29, 0.717) is 12.8 Å². The number of hydrogen-bond acceptors (Lipinski definition) is 2. The summed E-state index contributed by atoms with van der Waals surface area (Å²) in [6.07, 6.45) is -3.43. The Hall–Kier alpha value is -3.36. The molecule has 2 atom stereocenters. The molecule has 4 aromatic rings. The molecule has 0 amide bonds. The molecule has 2 nitrogen and oxygen atoms in total. The van der Waals surface area contributed by atoms with Gasteiger partial charge in [0.15, 0.2) is 0 Å². The van der Waals surface area contributed by atoms with Gasteiger partial charge in [0.25, 0.3) is 0 Å². The molecule has 6 rings (SSSR count). The molecule has 2 unspecified atom stereocenters. The predicted octanol–water partition coefficient (Wildman–Crippen LogP) is 12.0. The van der Waals surface area contributed by atoms with Gasteiger partial charge in [-0.05, 0) is 0 Å². The van der Waals surface area contributed by atoms with E-state index in [4.69, 9.17) is 5.63 Å². The van der Waals surface area contributed by atoms with E-state index in [1.54, 1.807) is 0 Å². The Balaban J connectivity index is 1.75. The molecule has 0 saturated carbocycles. The van der Waals surface area contributed by atoms with Crippen LogP contribution in [0, 0.1) is 0 Å². The zero-order chi connectivity index (χ0) is 34.5. The molecule has 2 aliphatic carbocycles. The monoisotopic (exact) mass is 756 g/mol. The van der Waals surface area contributed by atoms with Gasteiger partial charge in [-0.1, -0.05) is 0 Å². The third kappa shape index (κ3) is 5.63. The van der Waals surface area contributed by atoms with E-state index in [1.807, 2.05) is 36.4 Å². The summed E-state index contributed by atoms with van der Waals surface area (Å²) in [5, 5.41) is 0. The molecule has 10 heteroatoms. The van der Waals surface area contributed by atoms with E-state index in [-0.39, 0.29) is 18.8 Å². The van der Waals surface area contributed by atoms with Gasteiger partial charge in [-0.15, -0.1) is 0 Å². The molecule has 250 valence electrons. The first-order valence-corrected chi connectivity index (χ1v) is 27.0. The second-order valence-electron chi connectivity index (χ2n) is 12.7. The van der Waals surface area contributed by atoms with Crippen LogP contribution >= 0.6 is 0 Å². The summed E-state index contributed by atoms with van der Waals surface area (Å²) in [6, 6.07) is 25.6. The molecule has 0 heterocycles. The summed E-state index contributed by atoms with van der Waals surface area (Å²) >= 11 is -5.92. The molecule has 0 bridgehead atoms. The standard InChI is InChI=1S/2C11H11.2C7H5F3O.C2H6Si.Zr/c2*1-2-9-7-10-5-3-4-6-11(10)8-9;2*8-7(9,10)5-1-3-6(11)4-2-5;1-3-2;/h2*3-8H,2H2,1H3;2*1-4,11H;1-2H3;/q;;;;;+2/p-2. The quantitative estimate of drug-likeness (QED) is 0.132. The Morgan fingerprint density at radius 1 is 0.562 bits per heavy atom. The fraction of sp³-hybridized carbons (Fsp3) is 0.263. The molecule has 0 saturated heterocycles. The van der Waals surface area contributed by atoms with Gasteiger partial charge in [0.1, 0.15) is 0 Å². The van der Waals surface area contributed by atoms with Crippen LogP contribution in [0.25, 0.3) is 12.2 Å². The van der Waals surface area contributed by atoms with Crippen molar-refractivity contribution < 1.29 is 50.2 Å². The Morgan fingerprint density at radius 2 is 0.917 bits per heavy atom. The first-order chi connectivity index (χ1) is 22.7. The first kappa shape index (κ1) is 34.5. The van der Waals surface area contributed by atoms with Gasteiger partial charge >= 0.3 is 280 Å². The molecular weight excluding hydrogens is 722 g/mol. The minimum atomic E-state index is -5.92. The zero-order valence-electron chi connectivity index (χ0n) is 27.0. The Morgan fingerprint density at radius 3 is 1.23 bits per heavy atom. The van der Waals surface area contributed by atoms with Crippen LogP contribution in [0.3, 0.4) is 0 Å². The molecular formula is C38H36F6O2SiZr. The molecule has 0 aliphatic heterocycles. The van der Waals surface area contributed by atoms with E-state index in [1.165, 1.54) is 24.3 Å². The number of hydrogen-bond donors (Lipinski definition) is 0. The number of benzene rings is 4. The van der Waals surface area contributed by atoms with Crippen LogP contribution in [0.1, 0.15) is 67.3 Å². The third-order valence-electron chi connectivity index (χ3n) is 9.95. The molecule has 4 aromatic carbocycles. The molecule has 0 radical (unpaired) electrons. The van der Waals surface area contributed by atoms with Gasteiger partial charge in [-0.3, -0.25) is 0 Å². The normalized spacial score (nSPS) is 17.7. The first-order valence-electron chi connectivity index (χ1n) is 16.0. The van der Waals surface area contributed by atoms with Gasteiger partial charge < -0.3 is 0 Å². The van der Waals surface area contributed by atoms with Gasteiger partial charge in [-0.25, -0.2) is 0 Å². The number of allylic oxidation sites excluding steroid dienone is 2. The van der Waals surface area contributed by atoms with Crippen molar-refractivity contribution >= 4 is 17.6 Å². The maximum absolute atomic E-state index is 13.7. The van der Waals surface area contributed by atoms with Crippen molar-refractivity contribution in [2.75, 3.05) is 0 Å². The third-order valence-corrected chi connectivity index (χ3v) is 43.0. The molecule has 48 heavy (non-hydrogen) atoms. The Kier molecular flexibility index (Phi) is 8.99. The van der Waals surface area contributed by atoms with Gasteiger partial charge in [0.05, 0.1) is 0 Å². The van der Waals surface area contributed by atoms with E-state index < -0.39 is 47.2 Å². The van der Waals surface area contributed by atoms with Gasteiger partial charge in [0, 0.05) is 0 Å². The van der Waals surface area contributed by atoms with Crippen molar-refractivity contribution in [2.45, 2.75) is 59.4 Å². The van der Waals surface area contributed by atoms with E-state index in [9.17, 15) is 26.3 Å². The molecule has 2 aliphatic rings. The van der Waals surface area contributed by atoms with E-state index >= 15 is 0 Å². The van der Waals surface area contributed by atoms with Crippen molar-refractivity contribution in [1.82, 2.24) is 0 Å². The summed E-state index contributed by atoms with van der Waals surface area (Å²) in [7, 11) is 0. The second kappa shape index (κ2) is 12.5. The van der Waals surface area contributed by atoms with E-state index in [2.05, 4.69) is 51.2 Å². The van der Waals surface area contributed by atoms with Crippen LogP contribution in [0.4, 0.5) is 26.3 Å². The zero-order valence-corrected chi connectivity index (χ0v) is 30.5. The van der Waals surface area contributed by atoms with Crippen molar-refractivity contribution in [3.8, 4) is 11.5 Å². The van der Waals surface area contributed by atoms with Crippen molar-refractivity contribution in [1.29, 1.82) is 0 Å². The van der Waals surface area contributed by atoms with Crippen molar-refractivity contribution in [3.05, 3.63) is 142 Å². The number of halogens is 6. The van der Waals surface area contributed by atoms with Gasteiger partial charge in [0.2, 0.25) is 0 Å². The summed E-state index contributed by atoms with van der Waals surface area (Å²) in [5.41, 5.74) is 2.90. The summed E-state index contributed by atoms with van der Waals surface area (Å²) < 4.78 is 97.0. The molecule has 0 spiro atoms. The fourth-order valence-electron chi connectivity index (χ4n) is 7.79. The SMILES string of the molecule is CCC1=Cc2ccccc2[CH]1[Zr]([O]c1ccc(C(F)(F)F)cc1)([O]c1ccc(C(F)(F)F)cc1)([CH]1C(CC)=Cc2ccccc21)=[Si](C)C. The average molecular weight is 758 g/mol. The average Bonchev–Trinajstić information content (AvgIpc) is 3.63. The van der Waals surface area contributed by atoms with E-state index in [0.717, 1.165) is 57.7 Å². The van der Waals surface area contributed by atoms with Crippen LogP contribution < -0.4 is 5.63 Å². The van der Waals surface area contributed by atoms with Crippen LogP contribution in [0.2, 0.25) is 13.1 Å². The molecule has 0 fully saturated rings. The van der Waals surface area contributed by atoms with Crippen molar-refractivity contribution in [3.63, 3.8) is 0 Å². The number of fused-ring (bicyclic) bond motifs is 2. The second-order valence-corrected chi connectivity index (χ2v) is 37.7.